The minimum atomic E-state index is -0.797. The largest absolute Gasteiger partial charge is 0.478 e. The van der Waals surface area contributed by atoms with Gasteiger partial charge in [0.25, 0.3) is 11.6 Å². The van der Waals surface area contributed by atoms with Gasteiger partial charge in [0.15, 0.2) is 6.10 Å². The molecule has 0 spiro atoms. The summed E-state index contributed by atoms with van der Waals surface area (Å²) in [6.07, 6.45) is 0.905. The third-order valence-corrected chi connectivity index (χ3v) is 5.94. The van der Waals surface area contributed by atoms with Gasteiger partial charge in [-0.25, -0.2) is 0 Å². The summed E-state index contributed by atoms with van der Waals surface area (Å²) in [6.45, 7) is 3.98. The predicted octanol–water partition coefficient (Wildman–Crippen LogP) is 2.69. The lowest BCUT2D eigenvalue weighted by molar-refractivity contribution is -0.384. The topological polar surface area (TPSA) is 137 Å². The molecule has 2 aliphatic heterocycles. The van der Waals surface area contributed by atoms with E-state index in [0.717, 1.165) is 12.8 Å². The quantitative estimate of drug-likeness (QED) is 0.527. The number of hydrogen-bond donors (Lipinski definition) is 1. The Kier molecular flexibility index (Phi) is 5.83. The third kappa shape index (κ3) is 4.35. The van der Waals surface area contributed by atoms with Crippen LogP contribution in [0, 0.1) is 16.0 Å². The summed E-state index contributed by atoms with van der Waals surface area (Å²) in [5.41, 5.74) is -0.0163. The first kappa shape index (κ1) is 21.1. The van der Waals surface area contributed by atoms with Gasteiger partial charge in [0.05, 0.1) is 10.6 Å². The smallest absolute Gasteiger partial charge is 0.271 e. The Morgan fingerprint density at radius 2 is 2.23 bits per heavy atom. The van der Waals surface area contributed by atoms with Crippen molar-refractivity contribution in [3.05, 3.63) is 33.3 Å². The Labute approximate surface area is 181 Å². The number of ether oxygens (including phenoxy) is 2. The van der Waals surface area contributed by atoms with Crippen LogP contribution >= 0.6 is 11.3 Å². The average Bonchev–Trinajstić information content (AvgIpc) is 3.41. The van der Waals surface area contributed by atoms with Gasteiger partial charge in [0.1, 0.15) is 23.4 Å². The number of fused-ring (bicyclic) bond motifs is 1. The fourth-order valence-electron chi connectivity index (χ4n) is 3.46. The number of carbonyl (C=O) groups is 2. The van der Waals surface area contributed by atoms with Crippen LogP contribution in [0.2, 0.25) is 0 Å². The van der Waals surface area contributed by atoms with E-state index >= 15 is 0 Å². The number of nitro groups is 1. The zero-order valence-corrected chi connectivity index (χ0v) is 17.8. The van der Waals surface area contributed by atoms with Crippen LogP contribution in [0.25, 0.3) is 0 Å². The second-order valence-corrected chi connectivity index (χ2v) is 8.62. The molecule has 4 rings (SSSR count). The first-order chi connectivity index (χ1) is 14.8. The molecule has 2 amide bonds. The molecule has 1 fully saturated rings. The molecule has 2 aliphatic rings. The number of benzene rings is 1. The van der Waals surface area contributed by atoms with Gasteiger partial charge in [-0.15, -0.1) is 10.2 Å². The average molecular weight is 447 g/mol. The first-order valence-corrected chi connectivity index (χ1v) is 10.7. The van der Waals surface area contributed by atoms with Crippen molar-refractivity contribution < 1.29 is 24.0 Å². The molecule has 1 N–H and O–H groups in total. The number of nitro benzene ring substituents is 1. The van der Waals surface area contributed by atoms with Crippen LogP contribution < -0.4 is 15.0 Å². The molecule has 1 aromatic heterocycles. The van der Waals surface area contributed by atoms with E-state index in [1.807, 2.05) is 13.8 Å². The van der Waals surface area contributed by atoms with Gasteiger partial charge >= 0.3 is 0 Å². The van der Waals surface area contributed by atoms with Gasteiger partial charge < -0.3 is 9.47 Å². The van der Waals surface area contributed by atoms with Crippen molar-refractivity contribution in [2.75, 3.05) is 23.4 Å². The number of aromatic nitrogens is 2. The van der Waals surface area contributed by atoms with Crippen molar-refractivity contribution in [3.63, 3.8) is 0 Å². The molecular weight excluding hydrogens is 426 g/mol. The highest BCUT2D eigenvalue weighted by Gasteiger charge is 2.38. The summed E-state index contributed by atoms with van der Waals surface area (Å²) in [5.74, 6) is -0.771. The lowest BCUT2D eigenvalue weighted by atomic mass is 10.0. The summed E-state index contributed by atoms with van der Waals surface area (Å²) in [7, 11) is 0. The lowest BCUT2D eigenvalue weighted by Gasteiger charge is -2.35. The number of hydrogen-bond acceptors (Lipinski definition) is 9. The van der Waals surface area contributed by atoms with Crippen LogP contribution in [0.15, 0.2) is 18.2 Å². The predicted molar refractivity (Wildman–Crippen MR) is 111 cm³/mol. The van der Waals surface area contributed by atoms with Gasteiger partial charge in [-0.05, 0) is 24.8 Å². The Morgan fingerprint density at radius 3 is 2.90 bits per heavy atom. The normalized spacial score (nSPS) is 20.5. The van der Waals surface area contributed by atoms with E-state index in [-0.39, 0.29) is 29.9 Å². The molecule has 0 bridgehead atoms. The fraction of sp³-hybridized carbons (Fsp3) is 0.474. The van der Waals surface area contributed by atoms with Crippen molar-refractivity contribution >= 4 is 39.7 Å². The van der Waals surface area contributed by atoms with E-state index in [1.165, 1.54) is 34.4 Å². The minimum absolute atomic E-state index is 0.108. The standard InChI is InChI=1S/C19H21N5O6S/c1-10(2)16-18(26)23(12-8-11(24(27)28)5-6-13(12)30-16)9-15(25)20-19-22-21-17(31-19)14-4-3-7-29-14/h5-6,8,10,14,16H,3-4,7,9H2,1-2H3,(H,20,22,25). The number of non-ortho nitro benzene ring substituents is 1. The van der Waals surface area contributed by atoms with Crippen molar-refractivity contribution in [2.24, 2.45) is 5.92 Å². The van der Waals surface area contributed by atoms with Gasteiger partial charge in [-0.2, -0.15) is 0 Å². The van der Waals surface area contributed by atoms with E-state index in [1.54, 1.807) is 0 Å². The van der Waals surface area contributed by atoms with Crippen LogP contribution in [0.4, 0.5) is 16.5 Å². The molecule has 3 heterocycles. The van der Waals surface area contributed by atoms with Crippen molar-refractivity contribution in [1.29, 1.82) is 0 Å². The number of carbonyl (C=O) groups excluding carboxylic acids is 2. The molecule has 2 aromatic rings. The molecule has 0 aliphatic carbocycles. The summed E-state index contributed by atoms with van der Waals surface area (Å²) in [6, 6.07) is 3.98. The lowest BCUT2D eigenvalue weighted by Crippen LogP contribution is -2.50. The molecule has 0 radical (unpaired) electrons. The number of amides is 2. The Balaban J connectivity index is 1.54. The maximum atomic E-state index is 13.0. The summed E-state index contributed by atoms with van der Waals surface area (Å²) in [5, 5.41) is 22.9. The molecule has 12 heteroatoms. The highest BCUT2D eigenvalue weighted by atomic mass is 32.1. The fourth-order valence-corrected chi connectivity index (χ4v) is 4.31. The number of nitrogens with zero attached hydrogens (tertiary/aromatic N) is 4. The molecule has 2 unspecified atom stereocenters. The first-order valence-electron chi connectivity index (χ1n) is 9.85. The van der Waals surface area contributed by atoms with E-state index in [2.05, 4.69) is 15.5 Å². The van der Waals surface area contributed by atoms with Crippen molar-refractivity contribution in [2.45, 2.75) is 38.9 Å². The Hall–Kier alpha value is -3.12. The van der Waals surface area contributed by atoms with E-state index in [9.17, 15) is 19.7 Å². The molecule has 1 saturated heterocycles. The minimum Gasteiger partial charge on any atom is -0.478 e. The number of rotatable bonds is 6. The maximum absolute atomic E-state index is 13.0. The maximum Gasteiger partial charge on any atom is 0.271 e. The summed E-state index contributed by atoms with van der Waals surface area (Å²) in [4.78, 5) is 37.5. The SMILES string of the molecule is CC(C)C1Oc2ccc([N+](=O)[O-])cc2N(CC(=O)Nc2nnc(C3CCCO3)s2)C1=O. The highest BCUT2D eigenvalue weighted by Crippen LogP contribution is 2.38. The molecule has 0 saturated carbocycles. The van der Waals surface area contributed by atoms with Gasteiger partial charge in [0.2, 0.25) is 11.0 Å². The second kappa shape index (κ2) is 8.55. The summed E-state index contributed by atoms with van der Waals surface area (Å²) >= 11 is 1.22. The van der Waals surface area contributed by atoms with Crippen LogP contribution in [0.3, 0.4) is 0 Å². The van der Waals surface area contributed by atoms with E-state index < -0.39 is 22.8 Å². The molecular formula is C19H21N5O6S. The number of anilines is 2. The van der Waals surface area contributed by atoms with Crippen LogP contribution in [0.5, 0.6) is 5.75 Å². The monoisotopic (exact) mass is 447 g/mol. The zero-order valence-electron chi connectivity index (χ0n) is 16.9. The molecule has 1 aromatic carbocycles. The van der Waals surface area contributed by atoms with E-state index in [4.69, 9.17) is 9.47 Å². The molecule has 11 nitrogen and oxygen atoms in total. The van der Waals surface area contributed by atoms with Crippen molar-refractivity contribution in [1.82, 2.24) is 10.2 Å². The molecule has 2 atom stereocenters. The van der Waals surface area contributed by atoms with E-state index in [0.29, 0.717) is 22.5 Å². The Morgan fingerprint density at radius 1 is 1.42 bits per heavy atom. The number of nitrogens with one attached hydrogen (secondary N) is 1. The van der Waals surface area contributed by atoms with Crippen molar-refractivity contribution in [3.8, 4) is 5.75 Å². The third-order valence-electron chi connectivity index (χ3n) is 5.01. The second-order valence-electron chi connectivity index (χ2n) is 7.61. The van der Waals surface area contributed by atoms with Crippen LogP contribution in [0.1, 0.15) is 37.8 Å². The van der Waals surface area contributed by atoms with Crippen LogP contribution in [-0.4, -0.2) is 46.2 Å². The Bertz CT molecular complexity index is 1020. The van der Waals surface area contributed by atoms with Gasteiger partial charge in [0, 0.05) is 18.7 Å². The van der Waals surface area contributed by atoms with Crippen LogP contribution in [-0.2, 0) is 14.3 Å². The highest BCUT2D eigenvalue weighted by molar-refractivity contribution is 7.15. The summed E-state index contributed by atoms with van der Waals surface area (Å²) < 4.78 is 11.3. The zero-order chi connectivity index (χ0) is 22.1. The molecule has 164 valence electrons. The van der Waals surface area contributed by atoms with Gasteiger partial charge in [-0.3, -0.25) is 29.9 Å². The van der Waals surface area contributed by atoms with Gasteiger partial charge in [-0.1, -0.05) is 25.2 Å². The molecule has 31 heavy (non-hydrogen) atoms.